The van der Waals surface area contributed by atoms with Gasteiger partial charge in [0.25, 0.3) is 15.9 Å². The van der Waals surface area contributed by atoms with Gasteiger partial charge in [-0.15, -0.1) is 0 Å². The summed E-state index contributed by atoms with van der Waals surface area (Å²) in [5.74, 6) is -0.0325. The molecular weight excluding hydrogens is 535 g/mol. The van der Waals surface area contributed by atoms with E-state index >= 15 is 0 Å². The molecule has 37 heavy (non-hydrogen) atoms. The molecule has 1 N–H and O–H groups in total. The van der Waals surface area contributed by atoms with E-state index in [9.17, 15) is 13.2 Å². The zero-order valence-corrected chi connectivity index (χ0v) is 22.2. The Bertz CT molecular complexity index is 1590. The van der Waals surface area contributed by atoms with Crippen molar-refractivity contribution >= 4 is 61.9 Å². The number of fused-ring (bicyclic) bond motifs is 1. The van der Waals surface area contributed by atoms with Gasteiger partial charge in [0.1, 0.15) is 17.4 Å². The number of aromatic nitrogens is 1. The van der Waals surface area contributed by atoms with Gasteiger partial charge < -0.3 is 4.74 Å². The number of para-hydroxylation sites is 1. The topological polar surface area (TPSA) is 101 Å². The number of amides is 1. The van der Waals surface area contributed by atoms with Crippen molar-refractivity contribution < 1.29 is 17.9 Å². The number of halogens is 2. The van der Waals surface area contributed by atoms with Crippen LogP contribution in [0.4, 0.5) is 5.69 Å². The molecule has 3 aromatic carbocycles. The molecule has 1 amide bonds. The summed E-state index contributed by atoms with van der Waals surface area (Å²) in [6, 6.07) is 19.8. The third kappa shape index (κ3) is 6.02. The fraction of sp³-hybridized carbons (Fsp3) is 0.115. The number of nitrogens with one attached hydrogen (secondary N) is 1. The van der Waals surface area contributed by atoms with Crippen LogP contribution in [-0.2, 0) is 14.8 Å². The van der Waals surface area contributed by atoms with Gasteiger partial charge in [0.15, 0.2) is 0 Å². The van der Waals surface area contributed by atoms with Gasteiger partial charge in [0.05, 0.1) is 34.4 Å². The Morgan fingerprint density at radius 3 is 2.51 bits per heavy atom. The van der Waals surface area contributed by atoms with Gasteiger partial charge in [-0.25, -0.2) is 18.8 Å². The number of rotatable bonds is 8. The van der Waals surface area contributed by atoms with Crippen LogP contribution >= 0.6 is 23.2 Å². The van der Waals surface area contributed by atoms with Gasteiger partial charge in [-0.1, -0.05) is 53.0 Å². The van der Waals surface area contributed by atoms with Crippen molar-refractivity contribution in [2.24, 2.45) is 5.10 Å². The van der Waals surface area contributed by atoms with Gasteiger partial charge >= 0.3 is 0 Å². The number of ether oxygens (including phenoxy) is 1. The third-order valence-electron chi connectivity index (χ3n) is 5.42. The summed E-state index contributed by atoms with van der Waals surface area (Å²) < 4.78 is 33.1. The summed E-state index contributed by atoms with van der Waals surface area (Å²) in [4.78, 5) is 17.2. The van der Waals surface area contributed by atoms with E-state index < -0.39 is 22.5 Å². The molecule has 0 aliphatic carbocycles. The second kappa shape index (κ2) is 11.2. The quantitative estimate of drug-likeness (QED) is 0.182. The number of benzene rings is 3. The molecule has 0 aliphatic rings. The number of pyridine rings is 1. The molecule has 0 atom stereocenters. The van der Waals surface area contributed by atoms with Crippen LogP contribution in [-0.4, -0.2) is 39.2 Å². The molecule has 1 heterocycles. The molecule has 0 radical (unpaired) electrons. The number of anilines is 1. The van der Waals surface area contributed by atoms with E-state index in [1.54, 1.807) is 55.6 Å². The van der Waals surface area contributed by atoms with E-state index in [4.69, 9.17) is 27.9 Å². The maximum atomic E-state index is 13.5. The Morgan fingerprint density at radius 1 is 1.08 bits per heavy atom. The Kier molecular flexibility index (Phi) is 7.97. The number of carbonyl (C=O) groups excluding carboxylic acids is 1. The lowest BCUT2D eigenvalue weighted by molar-refractivity contribution is -0.119. The summed E-state index contributed by atoms with van der Waals surface area (Å²) in [7, 11) is -2.55. The lowest BCUT2D eigenvalue weighted by atomic mass is 10.1. The van der Waals surface area contributed by atoms with E-state index in [0.717, 1.165) is 15.3 Å². The van der Waals surface area contributed by atoms with Crippen LogP contribution in [0.5, 0.6) is 5.75 Å². The minimum absolute atomic E-state index is 0.0278. The second-order valence-corrected chi connectivity index (χ2v) is 10.6. The molecule has 0 spiro atoms. The predicted molar refractivity (Wildman–Crippen MR) is 146 cm³/mol. The molecule has 11 heteroatoms. The van der Waals surface area contributed by atoms with Crippen molar-refractivity contribution in [3.63, 3.8) is 0 Å². The molecular formula is C26H22Cl2N4O4S. The average Bonchev–Trinajstić information content (AvgIpc) is 2.88. The van der Waals surface area contributed by atoms with Crippen LogP contribution in [0, 0.1) is 6.92 Å². The first kappa shape index (κ1) is 26.4. The average molecular weight is 557 g/mol. The van der Waals surface area contributed by atoms with E-state index in [2.05, 4.69) is 15.5 Å². The Balaban J connectivity index is 1.56. The maximum absolute atomic E-state index is 13.5. The third-order valence-corrected chi connectivity index (χ3v) is 7.81. The fourth-order valence-corrected chi connectivity index (χ4v) is 5.41. The molecule has 0 aliphatic heterocycles. The number of nitrogens with zero attached hydrogens (tertiary/aromatic N) is 3. The van der Waals surface area contributed by atoms with E-state index in [0.29, 0.717) is 16.8 Å². The standard InChI is InChI=1S/C26H22Cl2N4O4S/c1-17-7-11-21(12-8-17)37(34,35)32(24-6-4-3-5-22(24)27)16-25(33)31-29-15-19-13-18-9-10-20(36-2)14-23(18)30-26(19)28/h3-15H,16H2,1-2H3,(H,31,33)/b29-15-. The lowest BCUT2D eigenvalue weighted by Crippen LogP contribution is -2.39. The van der Waals surface area contributed by atoms with Crippen molar-refractivity contribution in [3.8, 4) is 5.75 Å². The number of carbonyl (C=O) groups is 1. The molecule has 4 rings (SSSR count). The number of sulfonamides is 1. The normalized spacial score (nSPS) is 11.6. The van der Waals surface area contributed by atoms with Gasteiger partial charge in [0, 0.05) is 17.0 Å². The summed E-state index contributed by atoms with van der Waals surface area (Å²) in [5.41, 5.74) is 4.53. The van der Waals surface area contributed by atoms with Gasteiger partial charge in [-0.2, -0.15) is 5.10 Å². The van der Waals surface area contributed by atoms with Crippen molar-refractivity contribution in [2.45, 2.75) is 11.8 Å². The highest BCUT2D eigenvalue weighted by Crippen LogP contribution is 2.30. The SMILES string of the molecule is COc1ccc2cc(/C=N\NC(=O)CN(c3ccccc3Cl)S(=O)(=O)c3ccc(C)cc3)c(Cl)nc2c1. The Labute approximate surface area is 224 Å². The first-order chi connectivity index (χ1) is 17.7. The smallest absolute Gasteiger partial charge is 0.264 e. The molecule has 1 aromatic heterocycles. The molecule has 8 nitrogen and oxygen atoms in total. The van der Waals surface area contributed by atoms with Gasteiger partial charge in [0.2, 0.25) is 0 Å². The molecule has 4 aromatic rings. The zero-order chi connectivity index (χ0) is 26.6. The predicted octanol–water partition coefficient (Wildman–Crippen LogP) is 5.20. The molecule has 0 saturated carbocycles. The summed E-state index contributed by atoms with van der Waals surface area (Å²) >= 11 is 12.6. The number of methoxy groups -OCH3 is 1. The highest BCUT2D eigenvalue weighted by atomic mass is 35.5. The monoisotopic (exact) mass is 556 g/mol. The summed E-state index contributed by atoms with van der Waals surface area (Å²) in [6.07, 6.45) is 1.34. The highest BCUT2D eigenvalue weighted by Gasteiger charge is 2.28. The minimum atomic E-state index is -4.11. The van der Waals surface area contributed by atoms with Crippen molar-refractivity contribution in [1.29, 1.82) is 0 Å². The van der Waals surface area contributed by atoms with Crippen LogP contribution in [0.2, 0.25) is 10.2 Å². The van der Waals surface area contributed by atoms with Crippen LogP contribution in [0.3, 0.4) is 0 Å². The van der Waals surface area contributed by atoms with E-state index in [-0.39, 0.29) is 20.8 Å². The van der Waals surface area contributed by atoms with E-state index in [1.165, 1.54) is 24.4 Å². The van der Waals surface area contributed by atoms with E-state index in [1.807, 2.05) is 13.0 Å². The van der Waals surface area contributed by atoms with Crippen LogP contribution in [0.15, 0.2) is 82.8 Å². The van der Waals surface area contributed by atoms with Crippen molar-refractivity contribution in [1.82, 2.24) is 10.4 Å². The molecule has 0 fully saturated rings. The lowest BCUT2D eigenvalue weighted by Gasteiger charge is -2.24. The van der Waals surface area contributed by atoms with Gasteiger partial charge in [-0.05, 0) is 49.4 Å². The highest BCUT2D eigenvalue weighted by molar-refractivity contribution is 7.92. The molecule has 0 unspecified atom stereocenters. The minimum Gasteiger partial charge on any atom is -0.497 e. The number of aryl methyl sites for hydroxylation is 1. The maximum Gasteiger partial charge on any atom is 0.264 e. The van der Waals surface area contributed by atoms with Gasteiger partial charge in [-0.3, -0.25) is 9.10 Å². The van der Waals surface area contributed by atoms with Crippen molar-refractivity contribution in [3.05, 3.63) is 94.1 Å². The first-order valence-electron chi connectivity index (χ1n) is 11.0. The summed E-state index contributed by atoms with van der Waals surface area (Å²) in [6.45, 7) is 1.29. The fourth-order valence-electron chi connectivity index (χ4n) is 3.49. The second-order valence-electron chi connectivity index (χ2n) is 8.00. The van der Waals surface area contributed by atoms with Crippen LogP contribution in [0.1, 0.15) is 11.1 Å². The number of hydrazone groups is 1. The molecule has 0 bridgehead atoms. The Hall–Kier alpha value is -3.66. The largest absolute Gasteiger partial charge is 0.497 e. The molecule has 190 valence electrons. The zero-order valence-electron chi connectivity index (χ0n) is 19.9. The first-order valence-corrected chi connectivity index (χ1v) is 13.2. The Morgan fingerprint density at radius 2 is 1.81 bits per heavy atom. The van der Waals surface area contributed by atoms with Crippen molar-refractivity contribution in [2.75, 3.05) is 18.0 Å². The summed E-state index contributed by atoms with van der Waals surface area (Å²) in [5, 5.41) is 5.11. The van der Waals surface area contributed by atoms with Crippen LogP contribution in [0.25, 0.3) is 10.9 Å². The number of hydrogen-bond donors (Lipinski definition) is 1. The molecule has 0 saturated heterocycles. The van der Waals surface area contributed by atoms with Crippen LogP contribution < -0.4 is 14.5 Å². The number of hydrogen-bond acceptors (Lipinski definition) is 6.